The zero-order chi connectivity index (χ0) is 14.4. The standard InChI is InChI=1S/C17H15NO3/c19-10-14-9-18(17(20)21-14)13-5-6-16-12(8-13)7-11-3-1-2-4-15(11)16/h1-6,8,14,19H,7,9-10H2/t14-/m1/s1. The summed E-state index contributed by atoms with van der Waals surface area (Å²) in [7, 11) is 0. The molecule has 0 radical (unpaired) electrons. The SMILES string of the molecule is O=C1O[C@@H](CO)CN1c1ccc2c(c1)Cc1ccccc1-2. The second kappa shape index (κ2) is 4.60. The predicted molar refractivity (Wildman–Crippen MR) is 79.4 cm³/mol. The van der Waals surface area contributed by atoms with E-state index in [1.54, 1.807) is 4.90 Å². The Labute approximate surface area is 122 Å². The summed E-state index contributed by atoms with van der Waals surface area (Å²) < 4.78 is 5.10. The maximum absolute atomic E-state index is 11.9. The van der Waals surface area contributed by atoms with Crippen LogP contribution < -0.4 is 4.90 Å². The number of anilines is 1. The molecule has 2 aromatic carbocycles. The van der Waals surface area contributed by atoms with Gasteiger partial charge in [0, 0.05) is 5.69 Å². The summed E-state index contributed by atoms with van der Waals surface area (Å²) >= 11 is 0. The number of benzene rings is 2. The van der Waals surface area contributed by atoms with Crippen molar-refractivity contribution in [1.29, 1.82) is 0 Å². The molecule has 1 aliphatic heterocycles. The van der Waals surface area contributed by atoms with Crippen LogP contribution in [0.1, 0.15) is 11.1 Å². The van der Waals surface area contributed by atoms with E-state index >= 15 is 0 Å². The lowest BCUT2D eigenvalue weighted by Crippen LogP contribution is -2.25. The van der Waals surface area contributed by atoms with Crippen molar-refractivity contribution >= 4 is 11.8 Å². The maximum atomic E-state index is 11.9. The number of hydrogen-bond donors (Lipinski definition) is 1. The van der Waals surface area contributed by atoms with E-state index in [1.165, 1.54) is 22.3 Å². The molecule has 1 N–H and O–H groups in total. The topological polar surface area (TPSA) is 49.8 Å². The number of nitrogens with zero attached hydrogens (tertiary/aromatic N) is 1. The van der Waals surface area contributed by atoms with Crippen molar-refractivity contribution in [3.63, 3.8) is 0 Å². The van der Waals surface area contributed by atoms with Crippen molar-refractivity contribution in [1.82, 2.24) is 0 Å². The summed E-state index contributed by atoms with van der Waals surface area (Å²) in [4.78, 5) is 13.4. The minimum Gasteiger partial charge on any atom is -0.441 e. The molecule has 106 valence electrons. The van der Waals surface area contributed by atoms with Crippen LogP contribution in [0.5, 0.6) is 0 Å². The zero-order valence-corrected chi connectivity index (χ0v) is 11.5. The molecule has 2 aromatic rings. The minimum absolute atomic E-state index is 0.140. The molecule has 0 spiro atoms. The van der Waals surface area contributed by atoms with Crippen molar-refractivity contribution in [2.75, 3.05) is 18.1 Å². The Hall–Kier alpha value is -2.33. The number of rotatable bonds is 2. The van der Waals surface area contributed by atoms with E-state index in [0.29, 0.717) is 6.54 Å². The highest BCUT2D eigenvalue weighted by Crippen LogP contribution is 2.38. The maximum Gasteiger partial charge on any atom is 0.414 e. The average Bonchev–Trinajstić information content (AvgIpc) is 3.06. The molecule has 1 heterocycles. The van der Waals surface area contributed by atoms with Gasteiger partial charge >= 0.3 is 6.09 Å². The van der Waals surface area contributed by atoms with Gasteiger partial charge in [-0.3, -0.25) is 4.90 Å². The van der Waals surface area contributed by atoms with Gasteiger partial charge in [-0.1, -0.05) is 30.3 Å². The van der Waals surface area contributed by atoms with Gasteiger partial charge in [-0.15, -0.1) is 0 Å². The number of fused-ring (bicyclic) bond motifs is 3. The van der Waals surface area contributed by atoms with E-state index in [-0.39, 0.29) is 12.7 Å². The Morgan fingerprint density at radius 3 is 2.76 bits per heavy atom. The fraction of sp³-hybridized carbons (Fsp3) is 0.235. The number of aliphatic hydroxyl groups excluding tert-OH is 1. The van der Waals surface area contributed by atoms with Crippen LogP contribution in [0.4, 0.5) is 10.5 Å². The van der Waals surface area contributed by atoms with Gasteiger partial charge < -0.3 is 9.84 Å². The number of aliphatic hydroxyl groups is 1. The van der Waals surface area contributed by atoms with E-state index in [4.69, 9.17) is 9.84 Å². The van der Waals surface area contributed by atoms with Crippen molar-refractivity contribution in [2.24, 2.45) is 0 Å². The van der Waals surface area contributed by atoms with Crippen LogP contribution in [0.25, 0.3) is 11.1 Å². The van der Waals surface area contributed by atoms with Crippen LogP contribution in [-0.4, -0.2) is 30.5 Å². The number of cyclic esters (lactones) is 1. The molecule has 4 nitrogen and oxygen atoms in total. The molecule has 0 aromatic heterocycles. The molecule has 1 amide bonds. The van der Waals surface area contributed by atoms with E-state index < -0.39 is 6.10 Å². The molecule has 4 rings (SSSR count). The smallest absolute Gasteiger partial charge is 0.414 e. The van der Waals surface area contributed by atoms with Gasteiger partial charge in [-0.2, -0.15) is 0 Å². The summed E-state index contributed by atoms with van der Waals surface area (Å²) in [5, 5.41) is 9.12. The second-order valence-corrected chi connectivity index (χ2v) is 5.47. The monoisotopic (exact) mass is 281 g/mol. The van der Waals surface area contributed by atoms with Gasteiger partial charge in [0.2, 0.25) is 0 Å². The van der Waals surface area contributed by atoms with E-state index in [9.17, 15) is 4.79 Å². The highest BCUT2D eigenvalue weighted by atomic mass is 16.6. The third kappa shape index (κ3) is 1.91. The molecule has 1 atom stereocenters. The Bertz CT molecular complexity index is 726. The number of hydrogen-bond acceptors (Lipinski definition) is 3. The summed E-state index contributed by atoms with van der Waals surface area (Å²) in [5.74, 6) is 0. The summed E-state index contributed by atoms with van der Waals surface area (Å²) in [6.07, 6.45) is 0.0820. The number of carbonyl (C=O) groups excluding carboxylic acids is 1. The van der Waals surface area contributed by atoms with Crippen LogP contribution in [0.3, 0.4) is 0 Å². The van der Waals surface area contributed by atoms with E-state index in [0.717, 1.165) is 12.1 Å². The molecular weight excluding hydrogens is 266 g/mol. The second-order valence-electron chi connectivity index (χ2n) is 5.47. The number of carbonyl (C=O) groups is 1. The lowest BCUT2D eigenvalue weighted by molar-refractivity contribution is 0.0963. The average molecular weight is 281 g/mol. The van der Waals surface area contributed by atoms with Crippen LogP contribution in [0.15, 0.2) is 42.5 Å². The fourth-order valence-corrected chi connectivity index (χ4v) is 3.13. The van der Waals surface area contributed by atoms with Gasteiger partial charge in [0.1, 0.15) is 6.10 Å². The van der Waals surface area contributed by atoms with Crippen LogP contribution >= 0.6 is 0 Å². The largest absolute Gasteiger partial charge is 0.441 e. The Balaban J connectivity index is 1.69. The molecule has 21 heavy (non-hydrogen) atoms. The van der Waals surface area contributed by atoms with Crippen LogP contribution in [0.2, 0.25) is 0 Å². The first-order chi connectivity index (χ1) is 10.3. The van der Waals surface area contributed by atoms with Crippen molar-refractivity contribution in [3.05, 3.63) is 53.6 Å². The van der Waals surface area contributed by atoms with Gasteiger partial charge in [0.15, 0.2) is 0 Å². The highest BCUT2D eigenvalue weighted by Gasteiger charge is 2.32. The third-order valence-electron chi connectivity index (χ3n) is 4.17. The summed E-state index contributed by atoms with van der Waals surface area (Å²) in [6.45, 7) is 0.264. The number of amides is 1. The van der Waals surface area contributed by atoms with Gasteiger partial charge in [0.05, 0.1) is 13.2 Å². The first-order valence-electron chi connectivity index (χ1n) is 7.06. The van der Waals surface area contributed by atoms with Gasteiger partial charge in [-0.25, -0.2) is 4.79 Å². The molecule has 0 saturated carbocycles. The first-order valence-corrected chi connectivity index (χ1v) is 7.06. The van der Waals surface area contributed by atoms with Gasteiger partial charge in [0.25, 0.3) is 0 Å². The van der Waals surface area contributed by atoms with E-state index in [1.807, 2.05) is 12.1 Å². The van der Waals surface area contributed by atoms with Crippen molar-refractivity contribution < 1.29 is 14.6 Å². The quantitative estimate of drug-likeness (QED) is 0.785. The molecule has 0 unspecified atom stereocenters. The zero-order valence-electron chi connectivity index (χ0n) is 11.5. The van der Waals surface area contributed by atoms with Crippen LogP contribution in [0, 0.1) is 0 Å². The third-order valence-corrected chi connectivity index (χ3v) is 4.17. The first kappa shape index (κ1) is 12.4. The fourth-order valence-electron chi connectivity index (χ4n) is 3.13. The predicted octanol–water partition coefficient (Wildman–Crippen LogP) is 2.58. The normalized spacial score (nSPS) is 19.4. The lowest BCUT2D eigenvalue weighted by Gasteiger charge is -2.14. The summed E-state index contributed by atoms with van der Waals surface area (Å²) in [5.41, 5.74) is 5.90. The molecule has 1 saturated heterocycles. The molecule has 2 aliphatic rings. The molecule has 1 aliphatic carbocycles. The van der Waals surface area contributed by atoms with Gasteiger partial charge in [-0.05, 0) is 40.8 Å². The molecule has 4 heteroatoms. The Kier molecular flexibility index (Phi) is 2.72. The molecule has 0 bridgehead atoms. The van der Waals surface area contributed by atoms with E-state index in [2.05, 4.69) is 30.3 Å². The molecular formula is C17H15NO3. The lowest BCUT2D eigenvalue weighted by atomic mass is 10.1. The highest BCUT2D eigenvalue weighted by molar-refractivity contribution is 5.91. The summed E-state index contributed by atoms with van der Waals surface area (Å²) in [6, 6.07) is 14.4. The van der Waals surface area contributed by atoms with Crippen LogP contribution in [-0.2, 0) is 11.2 Å². The minimum atomic E-state index is -0.428. The van der Waals surface area contributed by atoms with Crippen molar-refractivity contribution in [3.8, 4) is 11.1 Å². The Morgan fingerprint density at radius 2 is 1.95 bits per heavy atom. The van der Waals surface area contributed by atoms with Crippen molar-refractivity contribution in [2.45, 2.75) is 12.5 Å². The molecule has 1 fully saturated rings. The Morgan fingerprint density at radius 1 is 1.14 bits per heavy atom. The number of ether oxygens (including phenoxy) is 1.